The molecule has 19 heavy (non-hydrogen) atoms. The van der Waals surface area contributed by atoms with Crippen molar-refractivity contribution >= 4 is 12.0 Å². The summed E-state index contributed by atoms with van der Waals surface area (Å²) < 4.78 is 5.39. The molecule has 0 aromatic heterocycles. The van der Waals surface area contributed by atoms with Crippen LogP contribution in [0.5, 0.6) is 5.75 Å². The number of hydrogen-bond donors (Lipinski definition) is 1. The van der Waals surface area contributed by atoms with Crippen LogP contribution in [0.15, 0.2) is 24.3 Å². The highest BCUT2D eigenvalue weighted by Crippen LogP contribution is 2.23. The largest absolute Gasteiger partial charge is 0.496 e. The van der Waals surface area contributed by atoms with Gasteiger partial charge in [0.25, 0.3) is 0 Å². The third-order valence-electron chi connectivity index (χ3n) is 3.34. The average molecular weight is 260 g/mol. The van der Waals surface area contributed by atoms with Gasteiger partial charge in [-0.25, -0.2) is 0 Å². The van der Waals surface area contributed by atoms with Gasteiger partial charge in [0.05, 0.1) is 7.11 Å². The van der Waals surface area contributed by atoms with Crippen molar-refractivity contribution < 1.29 is 9.53 Å². The first kappa shape index (κ1) is 13.6. The third kappa shape index (κ3) is 3.83. The Bertz CT molecular complexity index is 477. The van der Waals surface area contributed by atoms with Gasteiger partial charge in [0.1, 0.15) is 5.75 Å². The summed E-state index contributed by atoms with van der Waals surface area (Å²) in [6.45, 7) is 3.18. The van der Waals surface area contributed by atoms with Gasteiger partial charge in [-0.05, 0) is 49.7 Å². The monoisotopic (exact) mass is 260 g/mol. The van der Waals surface area contributed by atoms with Crippen molar-refractivity contribution in [2.45, 2.75) is 19.4 Å². The van der Waals surface area contributed by atoms with E-state index in [1.54, 1.807) is 13.2 Å². The zero-order valence-corrected chi connectivity index (χ0v) is 11.3. The van der Waals surface area contributed by atoms with Crippen LogP contribution < -0.4 is 10.5 Å². The Morgan fingerprint density at radius 1 is 1.42 bits per heavy atom. The summed E-state index contributed by atoms with van der Waals surface area (Å²) in [6, 6.07) is 5.91. The van der Waals surface area contributed by atoms with Crippen LogP contribution in [0.3, 0.4) is 0 Å². The molecule has 1 aromatic carbocycles. The fourth-order valence-electron chi connectivity index (χ4n) is 2.39. The first-order chi connectivity index (χ1) is 9.19. The SMILES string of the molecule is COc1ccc(/C=C\C(N)=O)cc1CN1CCCC1. The normalized spacial score (nSPS) is 16.1. The quantitative estimate of drug-likeness (QED) is 0.821. The highest BCUT2D eigenvalue weighted by molar-refractivity contribution is 5.90. The van der Waals surface area contributed by atoms with E-state index < -0.39 is 5.91 Å². The summed E-state index contributed by atoms with van der Waals surface area (Å²) in [5, 5.41) is 0. The number of hydrogen-bond acceptors (Lipinski definition) is 3. The van der Waals surface area contributed by atoms with E-state index in [2.05, 4.69) is 11.0 Å². The first-order valence-electron chi connectivity index (χ1n) is 6.56. The van der Waals surface area contributed by atoms with Crippen LogP contribution in [0.1, 0.15) is 24.0 Å². The van der Waals surface area contributed by atoms with E-state index in [1.807, 2.05) is 12.1 Å². The van der Waals surface area contributed by atoms with E-state index in [0.29, 0.717) is 0 Å². The molecule has 0 spiro atoms. The smallest absolute Gasteiger partial charge is 0.241 e. The second-order valence-corrected chi connectivity index (χ2v) is 4.79. The predicted octanol–water partition coefficient (Wildman–Crippen LogP) is 1.79. The minimum Gasteiger partial charge on any atom is -0.496 e. The molecular weight excluding hydrogens is 240 g/mol. The number of carbonyl (C=O) groups is 1. The number of rotatable bonds is 5. The summed E-state index contributed by atoms with van der Waals surface area (Å²) in [5.41, 5.74) is 7.22. The van der Waals surface area contributed by atoms with Gasteiger partial charge in [0.2, 0.25) is 5.91 Å². The van der Waals surface area contributed by atoms with Crippen LogP contribution in [-0.2, 0) is 11.3 Å². The van der Waals surface area contributed by atoms with E-state index in [-0.39, 0.29) is 0 Å². The molecule has 1 amide bonds. The highest BCUT2D eigenvalue weighted by atomic mass is 16.5. The van der Waals surface area contributed by atoms with E-state index in [4.69, 9.17) is 10.5 Å². The Labute approximate surface area is 113 Å². The van der Waals surface area contributed by atoms with Crippen LogP contribution in [0, 0.1) is 0 Å². The van der Waals surface area contributed by atoms with Crippen molar-refractivity contribution in [2.75, 3.05) is 20.2 Å². The molecule has 1 aliphatic heterocycles. The molecule has 0 atom stereocenters. The molecule has 0 unspecified atom stereocenters. The lowest BCUT2D eigenvalue weighted by atomic mass is 10.1. The molecule has 2 rings (SSSR count). The standard InChI is InChI=1S/C15H20N2O2/c1-19-14-6-4-12(5-7-15(16)18)10-13(14)11-17-8-2-3-9-17/h4-7,10H,2-3,8-9,11H2,1H3,(H2,16,18)/b7-5-. The van der Waals surface area contributed by atoms with Crippen molar-refractivity contribution in [2.24, 2.45) is 5.73 Å². The van der Waals surface area contributed by atoms with Crippen LogP contribution in [0.2, 0.25) is 0 Å². The Morgan fingerprint density at radius 2 is 2.16 bits per heavy atom. The molecule has 0 radical (unpaired) electrons. The lowest BCUT2D eigenvalue weighted by Crippen LogP contribution is -2.18. The molecule has 1 aliphatic rings. The molecule has 0 bridgehead atoms. The Balaban J connectivity index is 2.17. The molecule has 4 nitrogen and oxygen atoms in total. The minimum atomic E-state index is -0.433. The average Bonchev–Trinajstić information content (AvgIpc) is 2.89. The second-order valence-electron chi connectivity index (χ2n) is 4.79. The summed E-state index contributed by atoms with van der Waals surface area (Å²) in [5.74, 6) is 0.458. The van der Waals surface area contributed by atoms with Crippen LogP contribution in [-0.4, -0.2) is 31.0 Å². The molecule has 0 aliphatic carbocycles. The number of nitrogens with zero attached hydrogens (tertiary/aromatic N) is 1. The summed E-state index contributed by atoms with van der Waals surface area (Å²) >= 11 is 0. The van der Waals surface area contributed by atoms with E-state index in [1.165, 1.54) is 18.9 Å². The van der Waals surface area contributed by atoms with Gasteiger partial charge in [0.15, 0.2) is 0 Å². The van der Waals surface area contributed by atoms with E-state index in [9.17, 15) is 4.79 Å². The lowest BCUT2D eigenvalue weighted by molar-refractivity contribution is -0.113. The molecule has 1 aromatic rings. The van der Waals surface area contributed by atoms with Gasteiger partial charge in [-0.2, -0.15) is 0 Å². The Kier molecular flexibility index (Phi) is 4.58. The molecule has 1 fully saturated rings. The lowest BCUT2D eigenvalue weighted by Gasteiger charge is -2.17. The fourth-order valence-corrected chi connectivity index (χ4v) is 2.39. The maximum atomic E-state index is 10.8. The van der Waals surface area contributed by atoms with Crippen molar-refractivity contribution in [3.05, 3.63) is 35.4 Å². The number of likely N-dealkylation sites (tertiary alicyclic amines) is 1. The zero-order chi connectivity index (χ0) is 13.7. The summed E-state index contributed by atoms with van der Waals surface area (Å²) in [6.07, 6.45) is 5.64. The number of methoxy groups -OCH3 is 1. The van der Waals surface area contributed by atoms with Crippen molar-refractivity contribution in [3.8, 4) is 5.75 Å². The summed E-state index contributed by atoms with van der Waals surface area (Å²) in [7, 11) is 1.68. The van der Waals surface area contributed by atoms with Gasteiger partial charge < -0.3 is 10.5 Å². The number of carbonyl (C=O) groups excluding carboxylic acids is 1. The first-order valence-corrected chi connectivity index (χ1v) is 6.56. The maximum absolute atomic E-state index is 10.8. The number of nitrogens with two attached hydrogens (primary N) is 1. The molecule has 4 heteroatoms. The number of primary amides is 1. The Morgan fingerprint density at radius 3 is 2.79 bits per heavy atom. The van der Waals surface area contributed by atoms with Crippen LogP contribution in [0.4, 0.5) is 0 Å². The van der Waals surface area contributed by atoms with Gasteiger partial charge >= 0.3 is 0 Å². The number of benzene rings is 1. The van der Waals surface area contributed by atoms with Crippen molar-refractivity contribution in [1.29, 1.82) is 0 Å². The maximum Gasteiger partial charge on any atom is 0.241 e. The van der Waals surface area contributed by atoms with Crippen molar-refractivity contribution in [1.82, 2.24) is 4.90 Å². The van der Waals surface area contributed by atoms with Crippen molar-refractivity contribution in [3.63, 3.8) is 0 Å². The molecule has 102 valence electrons. The topological polar surface area (TPSA) is 55.6 Å². The number of ether oxygens (including phenoxy) is 1. The van der Waals surface area contributed by atoms with Crippen LogP contribution in [0.25, 0.3) is 6.08 Å². The molecular formula is C15H20N2O2. The number of amides is 1. The van der Waals surface area contributed by atoms with E-state index in [0.717, 1.165) is 36.5 Å². The fraction of sp³-hybridized carbons (Fsp3) is 0.400. The summed E-state index contributed by atoms with van der Waals surface area (Å²) in [4.78, 5) is 13.2. The van der Waals surface area contributed by atoms with Gasteiger partial charge in [0, 0.05) is 18.2 Å². The molecule has 0 saturated carbocycles. The Hall–Kier alpha value is -1.81. The van der Waals surface area contributed by atoms with E-state index >= 15 is 0 Å². The van der Waals surface area contributed by atoms with Gasteiger partial charge in [-0.1, -0.05) is 6.07 Å². The minimum absolute atomic E-state index is 0.433. The van der Waals surface area contributed by atoms with Gasteiger partial charge in [-0.15, -0.1) is 0 Å². The zero-order valence-electron chi connectivity index (χ0n) is 11.3. The van der Waals surface area contributed by atoms with Crippen LogP contribution >= 0.6 is 0 Å². The van der Waals surface area contributed by atoms with Gasteiger partial charge in [-0.3, -0.25) is 9.69 Å². The highest BCUT2D eigenvalue weighted by Gasteiger charge is 2.14. The second kappa shape index (κ2) is 6.38. The molecule has 2 N–H and O–H groups in total. The molecule has 1 heterocycles. The predicted molar refractivity (Wildman–Crippen MR) is 75.7 cm³/mol. The molecule has 1 saturated heterocycles. The third-order valence-corrected chi connectivity index (χ3v) is 3.34.